The Morgan fingerprint density at radius 2 is 2.29 bits per heavy atom. The van der Waals surface area contributed by atoms with Gasteiger partial charge in [0.25, 0.3) is 0 Å². The minimum Gasteiger partial charge on any atom is -0.375 e. The summed E-state index contributed by atoms with van der Waals surface area (Å²) in [5.74, 6) is 0.662. The normalized spacial score (nSPS) is 29.4. The Labute approximate surface area is 86.1 Å². The van der Waals surface area contributed by atoms with Gasteiger partial charge in [0, 0.05) is 13.1 Å². The molecule has 4 heteroatoms. The second-order valence-electron chi connectivity index (χ2n) is 3.69. The minimum atomic E-state index is 0.253. The number of nitrogens with two attached hydrogens (primary N) is 1. The molecule has 1 fully saturated rings. The van der Waals surface area contributed by atoms with E-state index in [1.54, 1.807) is 0 Å². The van der Waals surface area contributed by atoms with Crippen molar-refractivity contribution >= 4 is 5.96 Å². The van der Waals surface area contributed by atoms with Crippen molar-refractivity contribution in [3.05, 3.63) is 0 Å². The highest BCUT2D eigenvalue weighted by atomic mass is 16.5. The summed E-state index contributed by atoms with van der Waals surface area (Å²) in [6.45, 7) is 8.57. The number of rotatable bonds is 2. The first kappa shape index (κ1) is 11.3. The average Bonchev–Trinajstić information content (AvgIpc) is 2.18. The van der Waals surface area contributed by atoms with Crippen LogP contribution in [-0.2, 0) is 4.74 Å². The average molecular weight is 199 g/mol. The Morgan fingerprint density at radius 1 is 1.57 bits per heavy atom. The molecule has 4 nitrogen and oxygen atoms in total. The molecular weight excluding hydrogens is 178 g/mol. The molecule has 0 aromatic rings. The number of morpholine rings is 1. The van der Waals surface area contributed by atoms with Gasteiger partial charge in [-0.2, -0.15) is 0 Å². The lowest BCUT2D eigenvalue weighted by Crippen LogP contribution is -2.54. The highest BCUT2D eigenvalue weighted by molar-refractivity contribution is 5.78. The van der Waals surface area contributed by atoms with Gasteiger partial charge in [-0.05, 0) is 20.3 Å². The van der Waals surface area contributed by atoms with E-state index >= 15 is 0 Å². The first-order chi connectivity index (χ1) is 6.69. The fraction of sp³-hybridized carbons (Fsp3) is 0.900. The lowest BCUT2D eigenvalue weighted by Gasteiger charge is -2.38. The number of hydrogen-bond donors (Lipinski definition) is 1. The summed E-state index contributed by atoms with van der Waals surface area (Å²) in [5.41, 5.74) is 5.91. The molecule has 0 aliphatic carbocycles. The second-order valence-corrected chi connectivity index (χ2v) is 3.69. The topological polar surface area (TPSA) is 50.8 Å². The van der Waals surface area contributed by atoms with E-state index in [0.717, 1.165) is 26.1 Å². The monoisotopic (exact) mass is 199 g/mol. The number of ether oxygens (including phenoxy) is 1. The first-order valence-electron chi connectivity index (χ1n) is 5.37. The van der Waals surface area contributed by atoms with Crippen LogP contribution in [0.3, 0.4) is 0 Å². The van der Waals surface area contributed by atoms with E-state index in [9.17, 15) is 0 Å². The van der Waals surface area contributed by atoms with Gasteiger partial charge in [-0.25, -0.2) is 0 Å². The van der Waals surface area contributed by atoms with Gasteiger partial charge in [0.2, 0.25) is 0 Å². The molecule has 0 radical (unpaired) electrons. The van der Waals surface area contributed by atoms with E-state index in [1.807, 2.05) is 6.92 Å². The molecule has 0 aromatic heterocycles. The van der Waals surface area contributed by atoms with Gasteiger partial charge < -0.3 is 15.4 Å². The van der Waals surface area contributed by atoms with Crippen LogP contribution < -0.4 is 5.73 Å². The zero-order valence-electron chi connectivity index (χ0n) is 9.36. The minimum absolute atomic E-state index is 0.253. The summed E-state index contributed by atoms with van der Waals surface area (Å²) < 4.78 is 5.59. The quantitative estimate of drug-likeness (QED) is 0.529. The molecule has 1 saturated heterocycles. The third-order valence-electron chi connectivity index (χ3n) is 2.55. The molecule has 82 valence electrons. The van der Waals surface area contributed by atoms with Crippen molar-refractivity contribution in [1.82, 2.24) is 4.90 Å². The second kappa shape index (κ2) is 5.20. The molecule has 1 aliphatic rings. The lowest BCUT2D eigenvalue weighted by atomic mass is 10.1. The van der Waals surface area contributed by atoms with Crippen LogP contribution in [0, 0.1) is 0 Å². The third kappa shape index (κ3) is 2.61. The molecule has 1 rings (SSSR count). The molecule has 0 bridgehead atoms. The van der Waals surface area contributed by atoms with Gasteiger partial charge in [0.15, 0.2) is 5.96 Å². The standard InChI is InChI=1S/C10H21N3O/c1-4-9-7-14-8(3)6-13(9)10(11)12-5-2/h8-9H,4-7H2,1-3H3,(H2,11,12). The summed E-state index contributed by atoms with van der Waals surface area (Å²) in [6, 6.07) is 0.390. The molecule has 14 heavy (non-hydrogen) atoms. The Bertz CT molecular complexity index is 206. The molecule has 0 aromatic carbocycles. The zero-order valence-corrected chi connectivity index (χ0v) is 9.36. The van der Waals surface area contributed by atoms with Gasteiger partial charge in [-0.15, -0.1) is 0 Å². The van der Waals surface area contributed by atoms with Crippen LogP contribution in [0.2, 0.25) is 0 Å². The van der Waals surface area contributed by atoms with Crippen LogP contribution in [0.5, 0.6) is 0 Å². The van der Waals surface area contributed by atoms with Crippen LogP contribution >= 0.6 is 0 Å². The molecule has 1 aliphatic heterocycles. The van der Waals surface area contributed by atoms with Crippen molar-refractivity contribution in [2.24, 2.45) is 10.7 Å². The Hall–Kier alpha value is -0.770. The van der Waals surface area contributed by atoms with Crippen molar-refractivity contribution < 1.29 is 4.74 Å². The number of aliphatic imine (C=N–C) groups is 1. The Morgan fingerprint density at radius 3 is 2.86 bits per heavy atom. The van der Waals surface area contributed by atoms with E-state index in [-0.39, 0.29) is 6.10 Å². The van der Waals surface area contributed by atoms with E-state index in [1.165, 1.54) is 0 Å². The van der Waals surface area contributed by atoms with Crippen LogP contribution in [-0.4, -0.2) is 42.7 Å². The van der Waals surface area contributed by atoms with Crippen molar-refractivity contribution in [2.45, 2.75) is 39.3 Å². The highest BCUT2D eigenvalue weighted by Gasteiger charge is 2.26. The molecule has 0 amide bonds. The zero-order chi connectivity index (χ0) is 10.6. The lowest BCUT2D eigenvalue weighted by molar-refractivity contribution is -0.0289. The molecule has 0 saturated carbocycles. The van der Waals surface area contributed by atoms with Crippen molar-refractivity contribution in [1.29, 1.82) is 0 Å². The summed E-state index contributed by atoms with van der Waals surface area (Å²) in [6.07, 6.45) is 1.30. The number of guanidine groups is 1. The van der Waals surface area contributed by atoms with Gasteiger partial charge in [0.1, 0.15) is 0 Å². The van der Waals surface area contributed by atoms with Gasteiger partial charge in [-0.3, -0.25) is 4.99 Å². The molecule has 2 atom stereocenters. The van der Waals surface area contributed by atoms with Gasteiger partial charge in [-0.1, -0.05) is 6.92 Å². The van der Waals surface area contributed by atoms with Crippen LogP contribution in [0.25, 0.3) is 0 Å². The van der Waals surface area contributed by atoms with Crippen LogP contribution in [0.1, 0.15) is 27.2 Å². The molecule has 1 heterocycles. The van der Waals surface area contributed by atoms with E-state index in [0.29, 0.717) is 12.0 Å². The predicted molar refractivity (Wildman–Crippen MR) is 58.4 cm³/mol. The first-order valence-corrected chi connectivity index (χ1v) is 5.37. The van der Waals surface area contributed by atoms with E-state index < -0.39 is 0 Å². The van der Waals surface area contributed by atoms with E-state index in [4.69, 9.17) is 10.5 Å². The molecule has 2 N–H and O–H groups in total. The SMILES string of the molecule is CCN=C(N)N1CC(C)OCC1CC. The fourth-order valence-corrected chi connectivity index (χ4v) is 1.72. The van der Waals surface area contributed by atoms with Gasteiger partial charge in [0.05, 0.1) is 18.8 Å². The predicted octanol–water partition coefficient (Wildman–Crippen LogP) is 0.820. The Kier molecular flexibility index (Phi) is 4.20. The molecular formula is C10H21N3O. The van der Waals surface area contributed by atoms with Gasteiger partial charge >= 0.3 is 0 Å². The molecule has 2 unspecified atom stereocenters. The van der Waals surface area contributed by atoms with Crippen LogP contribution in [0.4, 0.5) is 0 Å². The smallest absolute Gasteiger partial charge is 0.191 e. The highest BCUT2D eigenvalue weighted by Crippen LogP contribution is 2.13. The fourth-order valence-electron chi connectivity index (χ4n) is 1.72. The summed E-state index contributed by atoms with van der Waals surface area (Å²) in [5, 5.41) is 0. The molecule has 0 spiro atoms. The third-order valence-corrected chi connectivity index (χ3v) is 2.55. The summed E-state index contributed by atoms with van der Waals surface area (Å²) >= 11 is 0. The number of nitrogens with zero attached hydrogens (tertiary/aromatic N) is 2. The maximum absolute atomic E-state index is 5.91. The summed E-state index contributed by atoms with van der Waals surface area (Å²) in [4.78, 5) is 6.41. The maximum Gasteiger partial charge on any atom is 0.191 e. The Balaban J connectivity index is 2.65. The van der Waals surface area contributed by atoms with Crippen molar-refractivity contribution in [2.75, 3.05) is 19.7 Å². The van der Waals surface area contributed by atoms with Crippen molar-refractivity contribution in [3.63, 3.8) is 0 Å². The number of hydrogen-bond acceptors (Lipinski definition) is 2. The largest absolute Gasteiger partial charge is 0.375 e. The summed E-state index contributed by atoms with van der Waals surface area (Å²) in [7, 11) is 0. The van der Waals surface area contributed by atoms with E-state index in [2.05, 4.69) is 23.7 Å². The maximum atomic E-state index is 5.91. The van der Waals surface area contributed by atoms with Crippen LogP contribution in [0.15, 0.2) is 4.99 Å². The van der Waals surface area contributed by atoms with Crippen molar-refractivity contribution in [3.8, 4) is 0 Å².